The molecule has 1 aromatic carbocycles. The summed E-state index contributed by atoms with van der Waals surface area (Å²) in [6.07, 6.45) is 1.81. The third-order valence-corrected chi connectivity index (χ3v) is 4.23. The summed E-state index contributed by atoms with van der Waals surface area (Å²) in [4.78, 5) is 9.05. The van der Waals surface area contributed by atoms with Gasteiger partial charge < -0.3 is 5.32 Å². The first-order chi connectivity index (χ1) is 9.70. The lowest BCUT2D eigenvalue weighted by atomic mass is 10.1. The van der Waals surface area contributed by atoms with Gasteiger partial charge in [-0.05, 0) is 37.1 Å². The highest BCUT2D eigenvalue weighted by Gasteiger charge is 2.20. The second kappa shape index (κ2) is 5.67. The van der Waals surface area contributed by atoms with Crippen molar-refractivity contribution in [2.75, 3.05) is 11.1 Å². The maximum atomic E-state index is 4.74. The molecule has 2 aromatic rings. The summed E-state index contributed by atoms with van der Waals surface area (Å²) in [5.41, 5.74) is 3.75. The van der Waals surface area contributed by atoms with Crippen molar-refractivity contribution in [1.82, 2.24) is 4.98 Å². The normalized spacial score (nSPS) is 17.9. The van der Waals surface area contributed by atoms with E-state index in [1.807, 2.05) is 18.3 Å². The quantitative estimate of drug-likeness (QED) is 0.906. The van der Waals surface area contributed by atoms with Crippen molar-refractivity contribution in [3.8, 4) is 0 Å². The van der Waals surface area contributed by atoms with Gasteiger partial charge in [0, 0.05) is 11.9 Å². The standard InChI is InChI=1S/C16H17N3S/c1-11-3-5-13(6-4-11)14-10-20-16(18-14)19-15-9-12(2)7-8-17-15/h3-9,14H,10H2,1-2H3,(H,17,18,19). The van der Waals surface area contributed by atoms with Crippen LogP contribution >= 0.6 is 11.8 Å². The van der Waals surface area contributed by atoms with Gasteiger partial charge in [0.15, 0.2) is 5.17 Å². The number of nitrogens with one attached hydrogen (secondary N) is 1. The first-order valence-electron chi connectivity index (χ1n) is 6.67. The van der Waals surface area contributed by atoms with Gasteiger partial charge in [-0.2, -0.15) is 0 Å². The average molecular weight is 283 g/mol. The lowest BCUT2D eigenvalue weighted by molar-refractivity contribution is 0.848. The highest BCUT2D eigenvalue weighted by atomic mass is 32.2. The molecule has 2 heterocycles. The molecule has 102 valence electrons. The average Bonchev–Trinajstić information content (AvgIpc) is 2.88. The van der Waals surface area contributed by atoms with Crippen LogP contribution in [0.4, 0.5) is 5.82 Å². The summed E-state index contributed by atoms with van der Waals surface area (Å²) in [5.74, 6) is 1.85. The number of anilines is 1. The Morgan fingerprint density at radius 3 is 2.65 bits per heavy atom. The molecule has 0 saturated carbocycles. The van der Waals surface area contributed by atoms with Gasteiger partial charge in [-0.25, -0.2) is 4.98 Å². The molecule has 1 aliphatic heterocycles. The number of hydrogen-bond donors (Lipinski definition) is 1. The van der Waals surface area contributed by atoms with E-state index >= 15 is 0 Å². The van der Waals surface area contributed by atoms with E-state index in [-0.39, 0.29) is 6.04 Å². The molecule has 0 bridgehead atoms. The molecule has 1 atom stereocenters. The van der Waals surface area contributed by atoms with Crippen LogP contribution in [0, 0.1) is 13.8 Å². The molecule has 0 aliphatic carbocycles. The van der Waals surface area contributed by atoms with Crippen molar-refractivity contribution < 1.29 is 0 Å². The second-order valence-electron chi connectivity index (χ2n) is 5.02. The zero-order valence-corrected chi connectivity index (χ0v) is 12.4. The molecule has 3 nitrogen and oxygen atoms in total. The maximum absolute atomic E-state index is 4.74. The number of hydrogen-bond acceptors (Lipinski definition) is 4. The van der Waals surface area contributed by atoms with Crippen molar-refractivity contribution in [2.24, 2.45) is 4.99 Å². The summed E-state index contributed by atoms with van der Waals surface area (Å²) in [7, 11) is 0. The number of pyridine rings is 1. The van der Waals surface area contributed by atoms with Crippen LogP contribution in [-0.2, 0) is 0 Å². The Kier molecular flexibility index (Phi) is 3.74. The third-order valence-electron chi connectivity index (χ3n) is 3.26. The van der Waals surface area contributed by atoms with E-state index in [0.717, 1.165) is 16.7 Å². The number of aromatic nitrogens is 1. The third kappa shape index (κ3) is 3.02. The van der Waals surface area contributed by atoms with Crippen molar-refractivity contribution in [3.05, 3.63) is 59.3 Å². The van der Waals surface area contributed by atoms with Crippen LogP contribution in [0.15, 0.2) is 47.6 Å². The molecule has 0 radical (unpaired) electrons. The molecule has 0 fully saturated rings. The number of amidine groups is 1. The summed E-state index contributed by atoms with van der Waals surface area (Å²) < 4.78 is 0. The molecule has 4 heteroatoms. The molecule has 1 N–H and O–H groups in total. The van der Waals surface area contributed by atoms with Crippen LogP contribution in [-0.4, -0.2) is 15.9 Å². The number of aryl methyl sites for hydroxylation is 2. The van der Waals surface area contributed by atoms with E-state index < -0.39 is 0 Å². The van der Waals surface area contributed by atoms with Crippen LogP contribution < -0.4 is 5.32 Å². The summed E-state index contributed by atoms with van der Waals surface area (Å²) in [5, 5.41) is 4.25. The van der Waals surface area contributed by atoms with E-state index in [2.05, 4.69) is 48.4 Å². The minimum atomic E-state index is 0.243. The SMILES string of the molecule is Cc1ccc(C2CSC(Nc3cc(C)ccn3)=N2)cc1. The van der Waals surface area contributed by atoms with Gasteiger partial charge in [-0.3, -0.25) is 4.99 Å². The monoisotopic (exact) mass is 283 g/mol. The first-order valence-corrected chi connectivity index (χ1v) is 7.66. The number of benzene rings is 1. The van der Waals surface area contributed by atoms with Crippen LogP contribution in [0.2, 0.25) is 0 Å². The Bertz CT molecular complexity index is 634. The fourth-order valence-corrected chi connectivity index (χ4v) is 3.08. The predicted molar refractivity (Wildman–Crippen MR) is 86.4 cm³/mol. The van der Waals surface area contributed by atoms with Crippen LogP contribution in [0.25, 0.3) is 0 Å². The molecule has 1 unspecified atom stereocenters. The Labute approximate surface area is 123 Å². The summed E-state index contributed by atoms with van der Waals surface area (Å²) >= 11 is 1.75. The highest BCUT2D eigenvalue weighted by molar-refractivity contribution is 8.14. The molecule has 3 rings (SSSR count). The van der Waals surface area contributed by atoms with E-state index in [4.69, 9.17) is 4.99 Å². The van der Waals surface area contributed by atoms with Crippen LogP contribution in [0.1, 0.15) is 22.7 Å². The van der Waals surface area contributed by atoms with Gasteiger partial charge in [0.05, 0.1) is 6.04 Å². The number of nitrogens with zero attached hydrogens (tertiary/aromatic N) is 2. The van der Waals surface area contributed by atoms with E-state index in [0.29, 0.717) is 0 Å². The number of thioether (sulfide) groups is 1. The Hall–Kier alpha value is -1.81. The summed E-state index contributed by atoms with van der Waals surface area (Å²) in [6, 6.07) is 12.9. The molecule has 1 aliphatic rings. The molecule has 1 aromatic heterocycles. The van der Waals surface area contributed by atoms with Crippen LogP contribution in [0.3, 0.4) is 0 Å². The Morgan fingerprint density at radius 1 is 1.10 bits per heavy atom. The van der Waals surface area contributed by atoms with Gasteiger partial charge in [-0.1, -0.05) is 41.6 Å². The largest absolute Gasteiger partial charge is 0.320 e. The lowest BCUT2D eigenvalue weighted by Crippen LogP contribution is -2.06. The molecule has 0 saturated heterocycles. The molecule has 0 amide bonds. The molecular formula is C16H17N3S. The van der Waals surface area contributed by atoms with E-state index in [9.17, 15) is 0 Å². The second-order valence-corrected chi connectivity index (χ2v) is 6.02. The number of rotatable bonds is 2. The van der Waals surface area contributed by atoms with Gasteiger partial charge in [-0.15, -0.1) is 0 Å². The van der Waals surface area contributed by atoms with Crippen molar-refractivity contribution in [3.63, 3.8) is 0 Å². The van der Waals surface area contributed by atoms with Crippen molar-refractivity contribution in [2.45, 2.75) is 19.9 Å². The Morgan fingerprint density at radius 2 is 1.90 bits per heavy atom. The summed E-state index contributed by atoms with van der Waals surface area (Å²) in [6.45, 7) is 4.17. The number of aliphatic imine (C=N–C) groups is 1. The molecule has 0 spiro atoms. The minimum Gasteiger partial charge on any atom is -0.320 e. The zero-order chi connectivity index (χ0) is 13.9. The van der Waals surface area contributed by atoms with Crippen molar-refractivity contribution in [1.29, 1.82) is 0 Å². The van der Waals surface area contributed by atoms with Crippen molar-refractivity contribution >= 4 is 22.7 Å². The van der Waals surface area contributed by atoms with Gasteiger partial charge >= 0.3 is 0 Å². The molecule has 20 heavy (non-hydrogen) atoms. The maximum Gasteiger partial charge on any atom is 0.162 e. The smallest absolute Gasteiger partial charge is 0.162 e. The topological polar surface area (TPSA) is 37.3 Å². The van der Waals surface area contributed by atoms with Gasteiger partial charge in [0.1, 0.15) is 5.82 Å². The lowest BCUT2D eigenvalue weighted by Gasteiger charge is -2.06. The fourth-order valence-electron chi connectivity index (χ4n) is 2.12. The van der Waals surface area contributed by atoms with Gasteiger partial charge in [0.25, 0.3) is 0 Å². The minimum absolute atomic E-state index is 0.243. The zero-order valence-electron chi connectivity index (χ0n) is 11.6. The Balaban J connectivity index is 1.73. The van der Waals surface area contributed by atoms with Gasteiger partial charge in [0.2, 0.25) is 0 Å². The van der Waals surface area contributed by atoms with E-state index in [1.54, 1.807) is 11.8 Å². The first kappa shape index (κ1) is 13.2. The van der Waals surface area contributed by atoms with Crippen LogP contribution in [0.5, 0.6) is 0 Å². The predicted octanol–water partition coefficient (Wildman–Crippen LogP) is 3.95. The molecular weight excluding hydrogens is 266 g/mol. The fraction of sp³-hybridized carbons (Fsp3) is 0.250. The van der Waals surface area contributed by atoms with E-state index in [1.165, 1.54) is 16.7 Å². The highest BCUT2D eigenvalue weighted by Crippen LogP contribution is 2.30.